The van der Waals surface area contributed by atoms with E-state index in [2.05, 4.69) is 15.9 Å². The number of anilines is 1. The highest BCUT2D eigenvalue weighted by atomic mass is 79.9. The van der Waals surface area contributed by atoms with Crippen molar-refractivity contribution < 1.29 is 19.2 Å². The van der Waals surface area contributed by atoms with Crippen LogP contribution in [0, 0.1) is 10.1 Å². The summed E-state index contributed by atoms with van der Waals surface area (Å²) in [7, 11) is 0. The van der Waals surface area contributed by atoms with E-state index in [9.17, 15) is 19.7 Å². The normalized spacial score (nSPS) is 12.8. The van der Waals surface area contributed by atoms with E-state index in [4.69, 9.17) is 4.74 Å². The Hall–Kier alpha value is -3.52. The highest BCUT2D eigenvalue weighted by Gasteiger charge is 2.37. The molecule has 0 radical (unpaired) electrons. The van der Waals surface area contributed by atoms with Crippen LogP contribution in [0.4, 0.5) is 11.4 Å². The summed E-state index contributed by atoms with van der Waals surface area (Å²) in [6, 6.07) is 17.1. The van der Waals surface area contributed by atoms with Crippen LogP contribution in [0.25, 0.3) is 0 Å². The average Bonchev–Trinajstić information content (AvgIpc) is 2.93. The number of nitro benzene ring substituents is 1. The lowest BCUT2D eigenvalue weighted by Gasteiger charge is -2.13. The Morgan fingerprint density at radius 3 is 2.07 bits per heavy atom. The summed E-state index contributed by atoms with van der Waals surface area (Å²) in [4.78, 5) is 36.8. The van der Waals surface area contributed by atoms with Gasteiger partial charge in [0.2, 0.25) is 0 Å². The summed E-state index contributed by atoms with van der Waals surface area (Å²) in [5.74, 6) is -0.0980. The molecule has 3 aromatic rings. The highest BCUT2D eigenvalue weighted by molar-refractivity contribution is 9.10. The molecule has 7 nitrogen and oxygen atoms in total. The van der Waals surface area contributed by atoms with E-state index >= 15 is 0 Å². The number of ether oxygens (including phenoxy) is 1. The van der Waals surface area contributed by atoms with E-state index in [0.29, 0.717) is 22.7 Å². The Bertz CT molecular complexity index is 1110. The molecule has 28 heavy (non-hydrogen) atoms. The predicted octanol–water partition coefficient (Wildman–Crippen LogP) is 4.95. The first-order valence-electron chi connectivity index (χ1n) is 8.15. The average molecular weight is 439 g/mol. The second-order valence-electron chi connectivity index (χ2n) is 5.98. The zero-order valence-corrected chi connectivity index (χ0v) is 15.8. The number of non-ortho nitro benzene ring substituents is 1. The van der Waals surface area contributed by atoms with E-state index in [1.165, 1.54) is 36.4 Å². The summed E-state index contributed by atoms with van der Waals surface area (Å²) in [5, 5.41) is 10.7. The standard InChI is InChI=1S/C20H11BrN2O5/c21-12-1-3-13(4-2-12)22-19(24)17-10-9-16(11-18(17)20(22)25)28-15-7-5-14(6-8-15)23(26)27/h1-11H. The van der Waals surface area contributed by atoms with Gasteiger partial charge in [-0.15, -0.1) is 0 Å². The van der Waals surface area contributed by atoms with Gasteiger partial charge in [0.15, 0.2) is 0 Å². The summed E-state index contributed by atoms with van der Waals surface area (Å²) in [6.45, 7) is 0. The van der Waals surface area contributed by atoms with Crippen LogP contribution in [-0.4, -0.2) is 16.7 Å². The van der Waals surface area contributed by atoms with E-state index in [1.54, 1.807) is 30.3 Å². The number of halogens is 1. The van der Waals surface area contributed by atoms with Crippen LogP contribution in [0.2, 0.25) is 0 Å². The minimum Gasteiger partial charge on any atom is -0.457 e. The van der Waals surface area contributed by atoms with E-state index < -0.39 is 16.7 Å². The molecule has 0 saturated carbocycles. The van der Waals surface area contributed by atoms with Crippen LogP contribution >= 0.6 is 15.9 Å². The Kier molecular flexibility index (Phi) is 4.40. The van der Waals surface area contributed by atoms with Gasteiger partial charge in [-0.05, 0) is 54.6 Å². The number of hydrogen-bond donors (Lipinski definition) is 0. The van der Waals surface area contributed by atoms with Gasteiger partial charge in [-0.3, -0.25) is 19.7 Å². The molecule has 0 unspecified atom stereocenters. The molecule has 0 aliphatic carbocycles. The molecule has 3 aromatic carbocycles. The fourth-order valence-electron chi connectivity index (χ4n) is 2.88. The summed E-state index contributed by atoms with van der Waals surface area (Å²) in [6.07, 6.45) is 0. The summed E-state index contributed by atoms with van der Waals surface area (Å²) >= 11 is 3.32. The molecule has 2 amide bonds. The third-order valence-corrected chi connectivity index (χ3v) is 4.75. The second-order valence-corrected chi connectivity index (χ2v) is 6.90. The lowest BCUT2D eigenvalue weighted by Crippen LogP contribution is -2.29. The van der Waals surface area contributed by atoms with Gasteiger partial charge in [-0.25, -0.2) is 4.90 Å². The molecular weight excluding hydrogens is 428 g/mol. The molecule has 0 bridgehead atoms. The Balaban J connectivity index is 1.61. The zero-order valence-electron chi connectivity index (χ0n) is 14.2. The minimum absolute atomic E-state index is 0.0489. The molecule has 1 heterocycles. The smallest absolute Gasteiger partial charge is 0.269 e. The molecule has 1 aliphatic heterocycles. The Morgan fingerprint density at radius 1 is 0.821 bits per heavy atom. The molecule has 0 aromatic heterocycles. The van der Waals surface area contributed by atoms with E-state index in [0.717, 1.165) is 9.37 Å². The van der Waals surface area contributed by atoms with Gasteiger partial charge < -0.3 is 4.74 Å². The SMILES string of the molecule is O=C1c2ccc(Oc3ccc([N+](=O)[O-])cc3)cc2C(=O)N1c1ccc(Br)cc1. The van der Waals surface area contributed by atoms with Crippen molar-refractivity contribution in [1.29, 1.82) is 0 Å². The number of carbonyl (C=O) groups excluding carboxylic acids is 2. The number of hydrogen-bond acceptors (Lipinski definition) is 5. The maximum absolute atomic E-state index is 12.8. The molecule has 0 N–H and O–H groups in total. The van der Waals surface area contributed by atoms with E-state index in [-0.39, 0.29) is 11.3 Å². The number of fused-ring (bicyclic) bond motifs is 1. The maximum atomic E-state index is 12.8. The Morgan fingerprint density at radius 2 is 1.43 bits per heavy atom. The monoisotopic (exact) mass is 438 g/mol. The number of amides is 2. The van der Waals surface area contributed by atoms with Crippen molar-refractivity contribution in [2.75, 3.05) is 4.90 Å². The molecule has 0 fully saturated rings. The molecular formula is C20H11BrN2O5. The van der Waals surface area contributed by atoms with Crippen molar-refractivity contribution in [3.05, 3.63) is 92.4 Å². The van der Waals surface area contributed by atoms with Gasteiger partial charge in [-0.2, -0.15) is 0 Å². The first-order chi connectivity index (χ1) is 13.4. The summed E-state index contributed by atoms with van der Waals surface area (Å²) < 4.78 is 6.51. The maximum Gasteiger partial charge on any atom is 0.269 e. The minimum atomic E-state index is -0.500. The largest absolute Gasteiger partial charge is 0.457 e. The fraction of sp³-hybridized carbons (Fsp3) is 0. The third kappa shape index (κ3) is 3.14. The highest BCUT2D eigenvalue weighted by Crippen LogP contribution is 2.33. The van der Waals surface area contributed by atoms with Crippen LogP contribution in [0.15, 0.2) is 71.2 Å². The van der Waals surface area contributed by atoms with Crippen LogP contribution in [-0.2, 0) is 0 Å². The molecule has 138 valence electrons. The molecule has 0 spiro atoms. The van der Waals surface area contributed by atoms with Crippen LogP contribution in [0.3, 0.4) is 0 Å². The van der Waals surface area contributed by atoms with Gasteiger partial charge in [0.05, 0.1) is 21.7 Å². The van der Waals surface area contributed by atoms with Crippen molar-refractivity contribution in [1.82, 2.24) is 0 Å². The molecule has 0 atom stereocenters. The van der Waals surface area contributed by atoms with Gasteiger partial charge in [0.1, 0.15) is 11.5 Å². The first kappa shape index (κ1) is 17.9. The summed E-state index contributed by atoms with van der Waals surface area (Å²) in [5.41, 5.74) is 0.968. The fourth-order valence-corrected chi connectivity index (χ4v) is 3.14. The van der Waals surface area contributed by atoms with Gasteiger partial charge >= 0.3 is 0 Å². The molecule has 0 saturated heterocycles. The lowest BCUT2D eigenvalue weighted by atomic mass is 10.1. The lowest BCUT2D eigenvalue weighted by molar-refractivity contribution is -0.384. The van der Waals surface area contributed by atoms with Gasteiger partial charge in [0.25, 0.3) is 17.5 Å². The number of carbonyl (C=O) groups is 2. The number of rotatable bonds is 4. The quantitative estimate of drug-likeness (QED) is 0.326. The van der Waals surface area contributed by atoms with Crippen molar-refractivity contribution in [2.45, 2.75) is 0 Å². The van der Waals surface area contributed by atoms with Crippen molar-refractivity contribution in [2.24, 2.45) is 0 Å². The van der Waals surface area contributed by atoms with E-state index in [1.807, 2.05) is 0 Å². The topological polar surface area (TPSA) is 89.7 Å². The van der Waals surface area contributed by atoms with Gasteiger partial charge in [0, 0.05) is 16.6 Å². The van der Waals surface area contributed by atoms with Crippen molar-refractivity contribution in [3.63, 3.8) is 0 Å². The van der Waals surface area contributed by atoms with Crippen molar-refractivity contribution in [3.8, 4) is 11.5 Å². The van der Waals surface area contributed by atoms with Crippen LogP contribution in [0.1, 0.15) is 20.7 Å². The number of nitrogens with zero attached hydrogens (tertiary/aromatic N) is 2. The third-order valence-electron chi connectivity index (χ3n) is 4.23. The zero-order chi connectivity index (χ0) is 19.8. The second kappa shape index (κ2) is 6.90. The van der Waals surface area contributed by atoms with Crippen LogP contribution in [0.5, 0.6) is 11.5 Å². The molecule has 4 rings (SSSR count). The molecule has 1 aliphatic rings. The number of benzene rings is 3. The Labute approximate surface area is 167 Å². The van der Waals surface area contributed by atoms with Crippen molar-refractivity contribution >= 4 is 39.1 Å². The predicted molar refractivity (Wildman–Crippen MR) is 105 cm³/mol. The molecule has 8 heteroatoms. The first-order valence-corrected chi connectivity index (χ1v) is 8.94. The van der Waals surface area contributed by atoms with Crippen LogP contribution < -0.4 is 9.64 Å². The number of nitro groups is 1. The van der Waals surface area contributed by atoms with Gasteiger partial charge in [-0.1, -0.05) is 15.9 Å². The number of imide groups is 1.